The molecule has 3 nitrogen and oxygen atoms in total. The van der Waals surface area contributed by atoms with E-state index in [9.17, 15) is 10.2 Å². The number of aliphatic hydroxyl groups excluding tert-OH is 1. The lowest BCUT2D eigenvalue weighted by molar-refractivity contribution is 0.186. The number of rotatable bonds is 5. The van der Waals surface area contributed by atoms with Crippen LogP contribution in [-0.4, -0.2) is 28.7 Å². The van der Waals surface area contributed by atoms with Gasteiger partial charge in [-0.25, -0.2) is 0 Å². The van der Waals surface area contributed by atoms with Gasteiger partial charge in [0, 0.05) is 24.2 Å². The maximum absolute atomic E-state index is 9.54. The van der Waals surface area contributed by atoms with E-state index >= 15 is 0 Å². The summed E-state index contributed by atoms with van der Waals surface area (Å²) in [6.45, 7) is 0.539. The Labute approximate surface area is 135 Å². The summed E-state index contributed by atoms with van der Waals surface area (Å²) in [4.78, 5) is 1.77. The smallest absolute Gasteiger partial charge is 0.299 e. The monoisotopic (exact) mass is 315 g/mol. The van der Waals surface area contributed by atoms with Crippen molar-refractivity contribution in [2.45, 2.75) is 0 Å². The predicted molar refractivity (Wildman–Crippen MR) is 91.7 cm³/mol. The number of nitrogens with zero attached hydrogens (tertiary/aromatic N) is 1. The number of aliphatic hydroxyl groups is 2. The van der Waals surface area contributed by atoms with E-state index in [-0.39, 0.29) is 0 Å². The van der Waals surface area contributed by atoms with Gasteiger partial charge in [0.2, 0.25) is 0 Å². The van der Waals surface area contributed by atoms with Gasteiger partial charge in [-0.1, -0.05) is 66.2 Å². The molecule has 114 valence electrons. The van der Waals surface area contributed by atoms with Crippen molar-refractivity contribution in [2.24, 2.45) is 0 Å². The average molecular weight is 316 g/mol. The predicted octanol–water partition coefficient (Wildman–Crippen LogP) is 4.73. The summed E-state index contributed by atoms with van der Waals surface area (Å²) in [5.74, 6) is -0.686. The molecule has 0 unspecified atom stereocenters. The third kappa shape index (κ3) is 4.30. The van der Waals surface area contributed by atoms with Gasteiger partial charge in [0.1, 0.15) is 5.70 Å². The molecule has 2 aromatic carbocycles. The van der Waals surface area contributed by atoms with E-state index in [0.29, 0.717) is 17.3 Å². The van der Waals surface area contributed by atoms with Crippen LogP contribution in [0.4, 0.5) is 0 Å². The first kappa shape index (κ1) is 16.0. The Morgan fingerprint density at radius 3 is 2.27 bits per heavy atom. The van der Waals surface area contributed by atoms with Crippen LogP contribution in [-0.2, 0) is 0 Å². The third-order valence-electron chi connectivity index (χ3n) is 3.20. The van der Waals surface area contributed by atoms with Crippen LogP contribution >= 0.6 is 11.6 Å². The zero-order valence-electron chi connectivity index (χ0n) is 12.3. The van der Waals surface area contributed by atoms with Crippen LogP contribution in [0.3, 0.4) is 0 Å². The fraction of sp³-hybridized carbons (Fsp3) is 0.111. The molecule has 0 aliphatic carbocycles. The number of benzene rings is 2. The average Bonchev–Trinajstić information content (AvgIpc) is 2.50. The molecule has 2 aromatic rings. The fourth-order valence-electron chi connectivity index (χ4n) is 2.13. The first-order chi connectivity index (χ1) is 10.6. The molecule has 0 saturated heterocycles. The normalized spacial score (nSPS) is 10.6. The van der Waals surface area contributed by atoms with E-state index in [0.717, 1.165) is 11.1 Å². The van der Waals surface area contributed by atoms with E-state index in [1.807, 2.05) is 66.7 Å². The van der Waals surface area contributed by atoms with Gasteiger partial charge < -0.3 is 15.1 Å². The lowest BCUT2D eigenvalue weighted by atomic mass is 10.1. The van der Waals surface area contributed by atoms with Crippen LogP contribution in [0.25, 0.3) is 11.8 Å². The quantitative estimate of drug-likeness (QED) is 0.784. The zero-order chi connectivity index (χ0) is 15.9. The molecule has 0 aromatic heterocycles. The van der Waals surface area contributed by atoms with Crippen molar-refractivity contribution >= 4 is 23.4 Å². The zero-order valence-corrected chi connectivity index (χ0v) is 13.0. The first-order valence-corrected chi connectivity index (χ1v) is 7.26. The summed E-state index contributed by atoms with van der Waals surface area (Å²) in [7, 11) is 1.81. The molecule has 0 heterocycles. The molecule has 0 radical (unpaired) electrons. The van der Waals surface area contributed by atoms with E-state index in [1.54, 1.807) is 11.9 Å². The standard InChI is InChI=1S/C18H18ClNO2/c1-20(13-5-6-14-9-11-16(19)12-10-14)17(18(21)22)15-7-3-2-4-8-15/h2-12,21-22H,13H2,1H3/b6-5+. The lowest BCUT2D eigenvalue weighted by Crippen LogP contribution is -2.18. The van der Waals surface area contributed by atoms with E-state index < -0.39 is 5.95 Å². The maximum atomic E-state index is 9.54. The van der Waals surface area contributed by atoms with Crippen molar-refractivity contribution < 1.29 is 10.2 Å². The summed E-state index contributed by atoms with van der Waals surface area (Å²) in [5, 5.41) is 19.8. The second-order valence-electron chi connectivity index (χ2n) is 4.87. The highest BCUT2D eigenvalue weighted by Gasteiger charge is 2.12. The molecular weight excluding hydrogens is 298 g/mol. The first-order valence-electron chi connectivity index (χ1n) is 6.89. The molecule has 0 aliphatic heterocycles. The molecule has 4 heteroatoms. The number of hydrogen-bond donors (Lipinski definition) is 2. The third-order valence-corrected chi connectivity index (χ3v) is 3.45. The second-order valence-corrected chi connectivity index (χ2v) is 5.31. The van der Waals surface area contributed by atoms with Crippen LogP contribution in [0, 0.1) is 0 Å². The van der Waals surface area contributed by atoms with Gasteiger partial charge in [-0.3, -0.25) is 0 Å². The van der Waals surface area contributed by atoms with Crippen LogP contribution in [0.15, 0.2) is 66.6 Å². The van der Waals surface area contributed by atoms with E-state index in [4.69, 9.17) is 11.6 Å². The molecule has 0 saturated carbocycles. The minimum Gasteiger partial charge on any atom is -0.480 e. The summed E-state index contributed by atoms with van der Waals surface area (Å²) < 4.78 is 0. The van der Waals surface area contributed by atoms with Crippen molar-refractivity contribution in [2.75, 3.05) is 13.6 Å². The van der Waals surface area contributed by atoms with Crippen molar-refractivity contribution in [3.05, 3.63) is 82.8 Å². The lowest BCUT2D eigenvalue weighted by Gasteiger charge is -2.20. The fourth-order valence-corrected chi connectivity index (χ4v) is 2.25. The SMILES string of the molecule is CN(C/C=C/c1ccc(Cl)cc1)C(=C(O)O)c1ccccc1. The van der Waals surface area contributed by atoms with Crippen LogP contribution in [0.5, 0.6) is 0 Å². The van der Waals surface area contributed by atoms with Crippen molar-refractivity contribution in [3.8, 4) is 0 Å². The Morgan fingerprint density at radius 1 is 1.05 bits per heavy atom. The molecule has 0 spiro atoms. The molecule has 2 rings (SSSR count). The minimum atomic E-state index is -0.686. The summed E-state index contributed by atoms with van der Waals surface area (Å²) in [6, 6.07) is 16.8. The van der Waals surface area contributed by atoms with Crippen molar-refractivity contribution in [1.82, 2.24) is 4.90 Å². The Bertz CT molecular complexity index is 659. The minimum absolute atomic E-state index is 0.390. The van der Waals surface area contributed by atoms with Gasteiger partial charge in [-0.05, 0) is 17.7 Å². The topological polar surface area (TPSA) is 43.7 Å². The van der Waals surface area contributed by atoms with Crippen LogP contribution < -0.4 is 0 Å². The van der Waals surface area contributed by atoms with Crippen molar-refractivity contribution in [3.63, 3.8) is 0 Å². The Hall–Kier alpha value is -2.39. The molecule has 2 N–H and O–H groups in total. The number of likely N-dealkylation sites (N-methyl/N-ethyl adjacent to an activating group) is 1. The Balaban J connectivity index is 2.08. The molecule has 0 amide bonds. The molecule has 22 heavy (non-hydrogen) atoms. The summed E-state index contributed by atoms with van der Waals surface area (Å²) >= 11 is 5.85. The van der Waals surface area contributed by atoms with Gasteiger partial charge >= 0.3 is 0 Å². The highest BCUT2D eigenvalue weighted by molar-refractivity contribution is 6.30. The Kier molecular flexibility index (Phi) is 5.50. The Morgan fingerprint density at radius 2 is 1.68 bits per heavy atom. The molecule has 0 bridgehead atoms. The van der Waals surface area contributed by atoms with E-state index in [1.165, 1.54) is 0 Å². The molecular formula is C18H18ClNO2. The van der Waals surface area contributed by atoms with Crippen molar-refractivity contribution in [1.29, 1.82) is 0 Å². The second kappa shape index (κ2) is 7.57. The number of hydrogen-bond acceptors (Lipinski definition) is 3. The largest absolute Gasteiger partial charge is 0.480 e. The summed E-state index contributed by atoms with van der Waals surface area (Å²) in [5.41, 5.74) is 2.18. The van der Waals surface area contributed by atoms with Gasteiger partial charge in [-0.2, -0.15) is 0 Å². The van der Waals surface area contributed by atoms with E-state index in [2.05, 4.69) is 0 Å². The van der Waals surface area contributed by atoms with Gasteiger partial charge in [0.05, 0.1) is 0 Å². The van der Waals surface area contributed by atoms with Crippen LogP contribution in [0.1, 0.15) is 11.1 Å². The van der Waals surface area contributed by atoms with Gasteiger partial charge in [0.15, 0.2) is 0 Å². The van der Waals surface area contributed by atoms with Gasteiger partial charge in [-0.15, -0.1) is 0 Å². The number of halogens is 1. The molecule has 0 aliphatic rings. The van der Waals surface area contributed by atoms with Gasteiger partial charge in [0.25, 0.3) is 5.95 Å². The molecule has 0 atom stereocenters. The van der Waals surface area contributed by atoms with Crippen LogP contribution in [0.2, 0.25) is 5.02 Å². The maximum Gasteiger partial charge on any atom is 0.299 e. The summed E-state index contributed by atoms with van der Waals surface area (Å²) in [6.07, 6.45) is 3.92. The highest BCUT2D eigenvalue weighted by atomic mass is 35.5. The highest BCUT2D eigenvalue weighted by Crippen LogP contribution is 2.20. The molecule has 0 fully saturated rings.